The van der Waals surface area contributed by atoms with Crippen molar-refractivity contribution in [2.75, 3.05) is 0 Å². The number of hydrogen-bond donors (Lipinski definition) is 1. The van der Waals surface area contributed by atoms with E-state index in [9.17, 15) is 9.59 Å². The smallest absolute Gasteiger partial charge is 0.275 e. The summed E-state index contributed by atoms with van der Waals surface area (Å²) in [6.45, 7) is 5.07. The third-order valence-electron chi connectivity index (χ3n) is 6.48. The molecule has 1 saturated carbocycles. The average Bonchev–Trinajstić information content (AvgIpc) is 3.18. The standard InChI is InChI=1S/C23H29N3O2/c1-16-8-5-9-18(17(16)2)24-22(27)13-7-15-26-20-11-4-3-10-19(20)25-14-6-12-21(25)23(26)28/h3-4,6,10-12,14,16-18H,5,7-9,13,15H2,1-2H3,(H,24,27)/t16-,17+,18-/m1/s1. The summed E-state index contributed by atoms with van der Waals surface area (Å²) >= 11 is 0. The van der Waals surface area contributed by atoms with Crippen molar-refractivity contribution < 1.29 is 4.79 Å². The van der Waals surface area contributed by atoms with Crippen LogP contribution >= 0.6 is 0 Å². The van der Waals surface area contributed by atoms with Gasteiger partial charge in [-0.3, -0.25) is 9.59 Å². The van der Waals surface area contributed by atoms with Gasteiger partial charge in [-0.1, -0.05) is 38.8 Å². The van der Waals surface area contributed by atoms with Crippen molar-refractivity contribution in [1.29, 1.82) is 0 Å². The van der Waals surface area contributed by atoms with Gasteiger partial charge in [0.05, 0.1) is 11.0 Å². The molecule has 3 atom stereocenters. The van der Waals surface area contributed by atoms with Gasteiger partial charge in [-0.2, -0.15) is 0 Å². The van der Waals surface area contributed by atoms with E-state index in [1.165, 1.54) is 12.8 Å². The van der Waals surface area contributed by atoms with Crippen molar-refractivity contribution >= 4 is 22.5 Å². The summed E-state index contributed by atoms with van der Waals surface area (Å²) in [4.78, 5) is 25.4. The highest BCUT2D eigenvalue weighted by atomic mass is 16.1. The summed E-state index contributed by atoms with van der Waals surface area (Å²) in [5, 5.41) is 3.23. The molecule has 0 bridgehead atoms. The Balaban J connectivity index is 1.46. The quantitative estimate of drug-likeness (QED) is 0.729. The third-order valence-corrected chi connectivity index (χ3v) is 6.48. The number of aromatic nitrogens is 2. The average molecular weight is 380 g/mol. The second-order valence-electron chi connectivity index (χ2n) is 8.25. The predicted octanol–water partition coefficient (Wildman–Crippen LogP) is 3.98. The molecule has 1 aromatic carbocycles. The molecule has 0 aliphatic heterocycles. The van der Waals surface area contributed by atoms with Crippen LogP contribution in [0.3, 0.4) is 0 Å². The van der Waals surface area contributed by atoms with Gasteiger partial charge in [-0.05, 0) is 48.9 Å². The van der Waals surface area contributed by atoms with Crippen molar-refractivity contribution in [3.8, 4) is 0 Å². The Kier molecular flexibility index (Phi) is 5.25. The van der Waals surface area contributed by atoms with Gasteiger partial charge in [-0.15, -0.1) is 0 Å². The lowest BCUT2D eigenvalue weighted by molar-refractivity contribution is -0.122. The lowest BCUT2D eigenvalue weighted by atomic mass is 9.78. The molecule has 3 aromatic rings. The lowest BCUT2D eigenvalue weighted by Crippen LogP contribution is -2.43. The zero-order valence-electron chi connectivity index (χ0n) is 16.7. The Labute approximate surface area is 165 Å². The van der Waals surface area contributed by atoms with E-state index in [1.807, 2.05) is 51.6 Å². The number of nitrogens with one attached hydrogen (secondary N) is 1. The van der Waals surface area contributed by atoms with Gasteiger partial charge in [0.2, 0.25) is 5.91 Å². The number of amides is 1. The van der Waals surface area contributed by atoms with Crippen LogP contribution in [0.1, 0.15) is 46.0 Å². The Hall–Kier alpha value is -2.56. The molecule has 5 nitrogen and oxygen atoms in total. The third kappa shape index (κ3) is 3.46. The molecular formula is C23H29N3O2. The van der Waals surface area contributed by atoms with E-state index < -0.39 is 0 Å². The topological polar surface area (TPSA) is 55.5 Å². The monoisotopic (exact) mass is 379 g/mol. The first-order valence-electron chi connectivity index (χ1n) is 10.4. The molecule has 5 heteroatoms. The maximum Gasteiger partial charge on any atom is 0.275 e. The van der Waals surface area contributed by atoms with Crippen molar-refractivity contribution in [3.63, 3.8) is 0 Å². The van der Waals surface area contributed by atoms with Gasteiger partial charge in [0.25, 0.3) is 5.56 Å². The Morgan fingerprint density at radius 3 is 2.64 bits per heavy atom. The Morgan fingerprint density at radius 1 is 1.07 bits per heavy atom. The first-order chi connectivity index (χ1) is 13.6. The van der Waals surface area contributed by atoms with Crippen molar-refractivity contribution in [1.82, 2.24) is 14.3 Å². The lowest BCUT2D eigenvalue weighted by Gasteiger charge is -2.34. The molecule has 2 aromatic heterocycles. The summed E-state index contributed by atoms with van der Waals surface area (Å²) in [7, 11) is 0. The van der Waals surface area contributed by atoms with Crippen molar-refractivity contribution in [2.45, 2.75) is 58.5 Å². The van der Waals surface area contributed by atoms with Crippen LogP contribution in [0.2, 0.25) is 0 Å². The maximum absolute atomic E-state index is 12.9. The molecule has 1 aliphatic carbocycles. The number of benzene rings is 1. The second-order valence-corrected chi connectivity index (χ2v) is 8.25. The highest BCUT2D eigenvalue weighted by molar-refractivity contribution is 5.79. The van der Waals surface area contributed by atoms with Gasteiger partial charge < -0.3 is 14.3 Å². The predicted molar refractivity (Wildman–Crippen MR) is 113 cm³/mol. The molecule has 4 rings (SSSR count). The highest BCUT2D eigenvalue weighted by Crippen LogP contribution is 2.29. The number of carbonyl (C=O) groups is 1. The van der Waals surface area contributed by atoms with Crippen LogP contribution < -0.4 is 10.9 Å². The number of hydrogen-bond acceptors (Lipinski definition) is 2. The van der Waals surface area contributed by atoms with E-state index in [0.717, 1.165) is 17.5 Å². The molecule has 1 N–H and O–H groups in total. The van der Waals surface area contributed by atoms with Crippen LogP contribution in [0.4, 0.5) is 0 Å². The van der Waals surface area contributed by atoms with Gasteiger partial charge >= 0.3 is 0 Å². The van der Waals surface area contributed by atoms with Crippen LogP contribution in [0.15, 0.2) is 47.4 Å². The van der Waals surface area contributed by atoms with Crippen LogP contribution in [0, 0.1) is 11.8 Å². The van der Waals surface area contributed by atoms with Crippen molar-refractivity contribution in [3.05, 3.63) is 52.9 Å². The van der Waals surface area contributed by atoms with E-state index in [0.29, 0.717) is 36.7 Å². The molecular weight excluding hydrogens is 350 g/mol. The number of rotatable bonds is 5. The summed E-state index contributed by atoms with van der Waals surface area (Å²) < 4.78 is 3.75. The van der Waals surface area contributed by atoms with Gasteiger partial charge in [0.1, 0.15) is 5.52 Å². The van der Waals surface area contributed by atoms with E-state index >= 15 is 0 Å². The molecule has 0 radical (unpaired) electrons. The van der Waals surface area contributed by atoms with E-state index in [1.54, 1.807) is 0 Å². The molecule has 1 aliphatic rings. The summed E-state index contributed by atoms with van der Waals surface area (Å²) in [6, 6.07) is 12.0. The fourth-order valence-corrected chi connectivity index (χ4v) is 4.59. The number of carbonyl (C=O) groups excluding carboxylic acids is 1. The van der Waals surface area contributed by atoms with Gasteiger partial charge in [-0.25, -0.2) is 0 Å². The van der Waals surface area contributed by atoms with Gasteiger partial charge in [0.15, 0.2) is 0 Å². The zero-order chi connectivity index (χ0) is 19.7. The molecule has 28 heavy (non-hydrogen) atoms. The molecule has 1 amide bonds. The number of fused-ring (bicyclic) bond motifs is 3. The maximum atomic E-state index is 12.9. The molecule has 0 spiro atoms. The Morgan fingerprint density at radius 2 is 1.82 bits per heavy atom. The van der Waals surface area contributed by atoms with Crippen LogP contribution in [0.25, 0.3) is 16.6 Å². The normalized spacial score (nSPS) is 22.6. The van der Waals surface area contributed by atoms with E-state index in [2.05, 4.69) is 19.2 Å². The summed E-state index contributed by atoms with van der Waals surface area (Å²) in [5.41, 5.74) is 2.59. The van der Waals surface area contributed by atoms with Crippen LogP contribution in [0.5, 0.6) is 0 Å². The SMILES string of the molecule is C[C@H]1[C@H](C)CCC[C@H]1NC(=O)CCCn1c(=O)c2cccn2c2ccccc21. The minimum absolute atomic E-state index is 0.00108. The molecule has 0 unspecified atom stereocenters. The summed E-state index contributed by atoms with van der Waals surface area (Å²) in [5.74, 6) is 1.30. The minimum atomic E-state index is -0.00108. The minimum Gasteiger partial charge on any atom is -0.353 e. The van der Waals surface area contributed by atoms with Crippen LogP contribution in [-0.2, 0) is 11.3 Å². The first kappa shape index (κ1) is 18.8. The molecule has 148 valence electrons. The number of para-hydroxylation sites is 2. The fourth-order valence-electron chi connectivity index (χ4n) is 4.59. The largest absolute Gasteiger partial charge is 0.353 e. The zero-order valence-corrected chi connectivity index (χ0v) is 16.7. The molecule has 2 heterocycles. The fraction of sp³-hybridized carbons (Fsp3) is 0.478. The van der Waals surface area contributed by atoms with E-state index in [4.69, 9.17) is 0 Å². The second kappa shape index (κ2) is 7.82. The summed E-state index contributed by atoms with van der Waals surface area (Å²) in [6.07, 6.45) is 6.55. The molecule has 0 saturated heterocycles. The highest BCUT2D eigenvalue weighted by Gasteiger charge is 2.27. The first-order valence-corrected chi connectivity index (χ1v) is 10.4. The van der Waals surface area contributed by atoms with E-state index in [-0.39, 0.29) is 17.5 Å². The number of nitrogens with zero attached hydrogens (tertiary/aromatic N) is 2. The van der Waals surface area contributed by atoms with Gasteiger partial charge in [0, 0.05) is 25.2 Å². The van der Waals surface area contributed by atoms with Crippen LogP contribution in [-0.4, -0.2) is 20.9 Å². The van der Waals surface area contributed by atoms with Crippen molar-refractivity contribution in [2.24, 2.45) is 11.8 Å². The molecule has 1 fully saturated rings. The number of aryl methyl sites for hydroxylation is 1. The Bertz CT molecular complexity index is 1050.